The van der Waals surface area contributed by atoms with Crippen LogP contribution in [0.4, 0.5) is 0 Å². The third-order valence-electron chi connectivity index (χ3n) is 5.25. The fourth-order valence-electron chi connectivity index (χ4n) is 4.21. The molecule has 6 heteroatoms. The van der Waals surface area contributed by atoms with Crippen molar-refractivity contribution in [3.8, 4) is 0 Å². The Labute approximate surface area is 153 Å². The van der Waals surface area contributed by atoms with Crippen LogP contribution in [0.3, 0.4) is 0 Å². The number of hydrogen-bond donors (Lipinski definition) is 0. The van der Waals surface area contributed by atoms with E-state index in [1.165, 1.54) is 18.7 Å². The van der Waals surface area contributed by atoms with Crippen LogP contribution < -0.4 is 4.46 Å². The Bertz CT molecular complexity index is 608. The minimum absolute atomic E-state index is 0.0243. The second-order valence-corrected chi connectivity index (χ2v) is 9.47. The summed E-state index contributed by atoms with van der Waals surface area (Å²) in [5.41, 5.74) is 0. The normalized spacial score (nSPS) is 34.6. The molecule has 0 spiro atoms. The van der Waals surface area contributed by atoms with Crippen LogP contribution in [0, 0.1) is 23.7 Å². The molecule has 24 heavy (non-hydrogen) atoms. The molecule has 0 aliphatic heterocycles. The molecule has 130 valence electrons. The summed E-state index contributed by atoms with van der Waals surface area (Å²) in [5, 5.41) is -0.103. The van der Waals surface area contributed by atoms with Crippen molar-refractivity contribution >= 4 is 43.0 Å². The standard InChI is InChI=1S/C18H21ClO4Se/c1-22-17(20)13-11-8-9-12(14(13)18(21)23-2)16(15(11)19)24-10-6-4-3-5-7-10/h3-7,11-16H,8-9H2,1-2H3/t11-,12+,13-,14+,15-,16+/m1/s1. The van der Waals surface area contributed by atoms with E-state index in [2.05, 4.69) is 12.1 Å². The number of methoxy groups -OCH3 is 2. The summed E-state index contributed by atoms with van der Waals surface area (Å²) in [6, 6.07) is 10.3. The number of hydrogen-bond acceptors (Lipinski definition) is 4. The van der Waals surface area contributed by atoms with Gasteiger partial charge in [-0.2, -0.15) is 0 Å². The second kappa shape index (κ2) is 7.47. The molecule has 2 bridgehead atoms. The molecule has 0 heterocycles. The van der Waals surface area contributed by atoms with Gasteiger partial charge in [-0.05, 0) is 0 Å². The predicted octanol–water partition coefficient (Wildman–Crippen LogP) is 2.03. The van der Waals surface area contributed by atoms with E-state index in [0.717, 1.165) is 12.8 Å². The topological polar surface area (TPSA) is 52.6 Å². The van der Waals surface area contributed by atoms with Crippen LogP contribution in [0.5, 0.6) is 0 Å². The average Bonchev–Trinajstić information content (AvgIpc) is 2.63. The Morgan fingerprint density at radius 3 is 2.12 bits per heavy atom. The Hall–Kier alpha value is -1.03. The molecule has 4 nitrogen and oxygen atoms in total. The van der Waals surface area contributed by atoms with Gasteiger partial charge in [0.2, 0.25) is 0 Å². The van der Waals surface area contributed by atoms with Crippen molar-refractivity contribution in [2.75, 3.05) is 14.2 Å². The zero-order valence-electron chi connectivity index (χ0n) is 13.7. The molecule has 4 rings (SSSR count). The molecule has 0 amide bonds. The second-order valence-electron chi connectivity index (χ2n) is 6.34. The molecule has 0 aromatic heterocycles. The van der Waals surface area contributed by atoms with Crippen LogP contribution in [-0.4, -0.2) is 46.5 Å². The van der Waals surface area contributed by atoms with E-state index >= 15 is 0 Å². The Morgan fingerprint density at radius 1 is 1.00 bits per heavy atom. The summed E-state index contributed by atoms with van der Waals surface area (Å²) < 4.78 is 11.3. The molecule has 1 aromatic carbocycles. The summed E-state index contributed by atoms with van der Waals surface area (Å²) in [6.07, 6.45) is 1.79. The number of esters is 2. The first-order valence-corrected chi connectivity index (χ1v) is 10.4. The minimum atomic E-state index is -0.480. The fourth-order valence-corrected chi connectivity index (χ4v) is 7.97. The number of benzene rings is 1. The molecule has 6 atom stereocenters. The van der Waals surface area contributed by atoms with Crippen LogP contribution in [-0.2, 0) is 19.1 Å². The number of carbonyl (C=O) groups excluding carboxylic acids is 2. The van der Waals surface area contributed by atoms with Crippen LogP contribution in [0.25, 0.3) is 0 Å². The molecule has 3 aliphatic rings. The number of ether oxygens (including phenoxy) is 2. The van der Waals surface area contributed by atoms with Crippen molar-refractivity contribution in [1.82, 2.24) is 0 Å². The Morgan fingerprint density at radius 2 is 1.54 bits per heavy atom. The molecule has 0 N–H and O–H groups in total. The van der Waals surface area contributed by atoms with E-state index in [9.17, 15) is 9.59 Å². The summed E-state index contributed by atoms with van der Waals surface area (Å²) in [5.74, 6) is -1.51. The Balaban J connectivity index is 1.91. The number of rotatable bonds is 4. The summed E-state index contributed by atoms with van der Waals surface area (Å²) in [6.45, 7) is 0. The van der Waals surface area contributed by atoms with Crippen molar-refractivity contribution in [3.63, 3.8) is 0 Å². The van der Waals surface area contributed by atoms with Crippen LogP contribution in [0.2, 0.25) is 4.82 Å². The van der Waals surface area contributed by atoms with E-state index < -0.39 is 11.8 Å². The molecule has 1 aromatic rings. The number of carbonyl (C=O) groups is 2. The van der Waals surface area contributed by atoms with Crippen molar-refractivity contribution < 1.29 is 19.1 Å². The molecule has 3 saturated carbocycles. The molecular formula is C18H21ClO4Se. The predicted molar refractivity (Wildman–Crippen MR) is 92.4 cm³/mol. The summed E-state index contributed by atoms with van der Waals surface area (Å²) >= 11 is 6.95. The first kappa shape index (κ1) is 17.8. The van der Waals surface area contributed by atoms with Gasteiger partial charge in [0, 0.05) is 0 Å². The van der Waals surface area contributed by atoms with Crippen molar-refractivity contribution in [3.05, 3.63) is 30.3 Å². The monoisotopic (exact) mass is 416 g/mol. The average molecular weight is 416 g/mol. The maximum atomic E-state index is 12.4. The van der Waals surface area contributed by atoms with E-state index in [1.807, 2.05) is 18.2 Å². The molecule has 0 saturated heterocycles. The number of fused-ring (bicyclic) bond motifs is 3. The van der Waals surface area contributed by atoms with Gasteiger partial charge in [0.1, 0.15) is 0 Å². The van der Waals surface area contributed by atoms with Crippen molar-refractivity contribution in [1.29, 1.82) is 0 Å². The summed E-state index contributed by atoms with van der Waals surface area (Å²) in [7, 11) is 2.75. The first-order chi connectivity index (χ1) is 11.6. The SMILES string of the molecule is COC(=O)[C@@H]1[C@H]2CC[C@H]([C@H]([Se]c3ccccc3)[C@@H]2Cl)[C@@H]1C(=O)OC. The van der Waals surface area contributed by atoms with Gasteiger partial charge in [0.15, 0.2) is 0 Å². The van der Waals surface area contributed by atoms with Gasteiger partial charge in [-0.1, -0.05) is 0 Å². The van der Waals surface area contributed by atoms with Gasteiger partial charge in [-0.15, -0.1) is 0 Å². The summed E-state index contributed by atoms with van der Waals surface area (Å²) in [4.78, 5) is 25.0. The van der Waals surface area contributed by atoms with E-state index in [0.29, 0.717) is 0 Å². The number of alkyl halides is 1. The molecule has 0 unspecified atom stereocenters. The van der Waals surface area contributed by atoms with E-state index in [4.69, 9.17) is 21.1 Å². The molecular weight excluding hydrogens is 395 g/mol. The van der Waals surface area contributed by atoms with Crippen LogP contribution in [0.1, 0.15) is 12.8 Å². The van der Waals surface area contributed by atoms with Crippen molar-refractivity contribution in [2.45, 2.75) is 23.0 Å². The third-order valence-corrected chi connectivity index (χ3v) is 9.25. The van der Waals surface area contributed by atoms with Crippen LogP contribution >= 0.6 is 11.6 Å². The zero-order chi connectivity index (χ0) is 17.3. The van der Waals surface area contributed by atoms with Crippen LogP contribution in [0.15, 0.2) is 30.3 Å². The first-order valence-electron chi connectivity index (χ1n) is 8.10. The van der Waals surface area contributed by atoms with Gasteiger partial charge in [-0.3, -0.25) is 0 Å². The van der Waals surface area contributed by atoms with Gasteiger partial charge in [0.05, 0.1) is 0 Å². The van der Waals surface area contributed by atoms with Crippen molar-refractivity contribution in [2.24, 2.45) is 23.7 Å². The molecule has 3 aliphatic carbocycles. The van der Waals surface area contributed by atoms with Gasteiger partial charge < -0.3 is 0 Å². The quantitative estimate of drug-likeness (QED) is 0.429. The third kappa shape index (κ3) is 3.10. The maximum absolute atomic E-state index is 12.4. The van der Waals surface area contributed by atoms with Gasteiger partial charge in [-0.25, -0.2) is 0 Å². The van der Waals surface area contributed by atoms with E-state index in [1.54, 1.807) is 0 Å². The molecule has 3 fully saturated rings. The molecule has 0 radical (unpaired) electrons. The van der Waals surface area contributed by atoms with Gasteiger partial charge in [0.25, 0.3) is 0 Å². The van der Waals surface area contributed by atoms with E-state index in [-0.39, 0.29) is 48.9 Å². The fraction of sp³-hybridized carbons (Fsp3) is 0.556. The Kier molecular flexibility index (Phi) is 5.53. The number of halogens is 1. The van der Waals surface area contributed by atoms with Gasteiger partial charge >= 0.3 is 153 Å². The zero-order valence-corrected chi connectivity index (χ0v) is 16.2.